The average molecular weight is 320 g/mol. The molecule has 0 heterocycles. The van der Waals surface area contributed by atoms with Gasteiger partial charge in [0.05, 0.1) is 19.6 Å². The zero-order valence-corrected chi connectivity index (χ0v) is 13.0. The van der Waals surface area contributed by atoms with Gasteiger partial charge in [-0.2, -0.15) is 0 Å². The van der Waals surface area contributed by atoms with Crippen LogP contribution in [0, 0.1) is 0 Å². The number of carbonyl (C=O) groups excluding carboxylic acids is 1. The van der Waals surface area contributed by atoms with Crippen LogP contribution in [0.3, 0.4) is 0 Å². The van der Waals surface area contributed by atoms with Crippen molar-refractivity contribution < 1.29 is 14.6 Å². The van der Waals surface area contributed by atoms with Gasteiger partial charge in [0.15, 0.2) is 0 Å². The minimum Gasteiger partial charge on any atom is -0.497 e. The first kappa shape index (κ1) is 16.3. The van der Waals surface area contributed by atoms with Crippen LogP contribution in [0.1, 0.15) is 17.2 Å². The molecule has 1 amide bonds. The average Bonchev–Trinajstić information content (AvgIpc) is 2.55. The number of amides is 1. The van der Waals surface area contributed by atoms with Crippen LogP contribution in [-0.4, -0.2) is 24.7 Å². The van der Waals surface area contributed by atoms with E-state index in [2.05, 4.69) is 5.32 Å². The van der Waals surface area contributed by atoms with Crippen molar-refractivity contribution in [2.75, 3.05) is 13.7 Å². The summed E-state index contributed by atoms with van der Waals surface area (Å²) in [5, 5.41) is 13.4. The molecule has 1 unspecified atom stereocenters. The Balaban J connectivity index is 1.89. The van der Waals surface area contributed by atoms with Gasteiger partial charge in [-0.05, 0) is 29.3 Å². The Kier molecular flexibility index (Phi) is 5.81. The third-order valence-corrected chi connectivity index (χ3v) is 3.65. The molecule has 0 aliphatic rings. The number of aliphatic hydroxyl groups is 1. The molecular weight excluding hydrogens is 302 g/mol. The number of hydrogen-bond donors (Lipinski definition) is 2. The quantitative estimate of drug-likeness (QED) is 0.860. The van der Waals surface area contributed by atoms with Crippen molar-refractivity contribution in [3.63, 3.8) is 0 Å². The Morgan fingerprint density at radius 2 is 2.05 bits per heavy atom. The molecule has 1 atom stereocenters. The van der Waals surface area contributed by atoms with E-state index in [-0.39, 0.29) is 18.9 Å². The highest BCUT2D eigenvalue weighted by molar-refractivity contribution is 6.31. The van der Waals surface area contributed by atoms with Gasteiger partial charge in [-0.1, -0.05) is 41.9 Å². The van der Waals surface area contributed by atoms with Crippen molar-refractivity contribution in [3.8, 4) is 5.75 Å². The van der Waals surface area contributed by atoms with E-state index < -0.39 is 6.10 Å². The van der Waals surface area contributed by atoms with Gasteiger partial charge in [-0.3, -0.25) is 4.79 Å². The number of benzene rings is 2. The number of nitrogens with one attached hydrogen (secondary N) is 1. The SMILES string of the molecule is COc1cccc(C(O)CNC(=O)Cc2ccccc2Cl)c1. The summed E-state index contributed by atoms with van der Waals surface area (Å²) in [6.07, 6.45) is -0.602. The smallest absolute Gasteiger partial charge is 0.224 e. The standard InChI is InChI=1S/C17H18ClNO3/c1-22-14-7-4-6-13(9-14)16(20)11-19-17(21)10-12-5-2-3-8-15(12)18/h2-9,16,20H,10-11H2,1H3,(H,19,21). The first-order valence-corrected chi connectivity index (χ1v) is 7.30. The number of carbonyl (C=O) groups is 1. The monoisotopic (exact) mass is 319 g/mol. The molecule has 0 aliphatic carbocycles. The normalized spacial score (nSPS) is 11.8. The molecule has 0 aromatic heterocycles. The highest BCUT2D eigenvalue weighted by atomic mass is 35.5. The molecule has 2 N–H and O–H groups in total. The van der Waals surface area contributed by atoms with Crippen molar-refractivity contribution >= 4 is 17.5 Å². The fraction of sp³-hybridized carbons (Fsp3) is 0.235. The van der Waals surface area contributed by atoms with Crippen LogP contribution in [0.2, 0.25) is 5.02 Å². The third-order valence-electron chi connectivity index (χ3n) is 3.28. The number of halogens is 1. The Bertz CT molecular complexity index is 645. The van der Waals surface area contributed by atoms with E-state index in [1.165, 1.54) is 0 Å². The first-order chi connectivity index (χ1) is 10.6. The van der Waals surface area contributed by atoms with E-state index in [1.807, 2.05) is 12.1 Å². The van der Waals surface area contributed by atoms with Crippen molar-refractivity contribution in [3.05, 3.63) is 64.7 Å². The van der Waals surface area contributed by atoms with Crippen LogP contribution < -0.4 is 10.1 Å². The third kappa shape index (κ3) is 4.48. The van der Waals surface area contributed by atoms with E-state index in [4.69, 9.17) is 16.3 Å². The number of hydrogen-bond acceptors (Lipinski definition) is 3. The molecule has 0 fully saturated rings. The Morgan fingerprint density at radius 1 is 1.27 bits per heavy atom. The molecule has 5 heteroatoms. The van der Waals surface area contributed by atoms with E-state index in [9.17, 15) is 9.90 Å². The second-order valence-corrected chi connectivity index (χ2v) is 5.27. The Hall–Kier alpha value is -2.04. The Labute approximate surface area is 134 Å². The fourth-order valence-corrected chi connectivity index (χ4v) is 2.26. The summed E-state index contributed by atoms with van der Waals surface area (Å²) in [6.45, 7) is 0.135. The minimum absolute atomic E-state index is 0.135. The molecular formula is C17H18ClNO3. The predicted molar refractivity (Wildman–Crippen MR) is 86.1 cm³/mol. The molecule has 22 heavy (non-hydrogen) atoms. The van der Waals surface area contributed by atoms with Gasteiger partial charge in [0.25, 0.3) is 0 Å². The van der Waals surface area contributed by atoms with Gasteiger partial charge < -0.3 is 15.2 Å². The van der Waals surface area contributed by atoms with Crippen molar-refractivity contribution in [1.82, 2.24) is 5.32 Å². The summed E-state index contributed by atoms with van der Waals surface area (Å²) in [6, 6.07) is 14.3. The maximum atomic E-state index is 11.9. The Morgan fingerprint density at radius 3 is 2.77 bits per heavy atom. The van der Waals surface area contributed by atoms with E-state index in [1.54, 1.807) is 43.5 Å². The molecule has 2 aromatic rings. The molecule has 2 rings (SSSR count). The van der Waals surface area contributed by atoms with Gasteiger partial charge in [-0.15, -0.1) is 0 Å². The van der Waals surface area contributed by atoms with Gasteiger partial charge in [0.2, 0.25) is 5.91 Å². The molecule has 0 aliphatic heterocycles. The lowest BCUT2D eigenvalue weighted by atomic mass is 10.1. The summed E-state index contributed by atoms with van der Waals surface area (Å²) in [7, 11) is 1.57. The largest absolute Gasteiger partial charge is 0.497 e. The molecule has 0 saturated heterocycles. The predicted octanol–water partition coefficient (Wildman–Crippen LogP) is 2.74. The second-order valence-electron chi connectivity index (χ2n) is 4.86. The van der Waals surface area contributed by atoms with Gasteiger partial charge in [0, 0.05) is 11.6 Å². The van der Waals surface area contributed by atoms with Crippen LogP contribution in [0.4, 0.5) is 0 Å². The van der Waals surface area contributed by atoms with Gasteiger partial charge in [0.1, 0.15) is 5.75 Å². The van der Waals surface area contributed by atoms with Gasteiger partial charge in [-0.25, -0.2) is 0 Å². The lowest BCUT2D eigenvalue weighted by molar-refractivity contribution is -0.120. The number of rotatable bonds is 6. The van der Waals surface area contributed by atoms with Crippen LogP contribution in [0.15, 0.2) is 48.5 Å². The minimum atomic E-state index is -0.787. The molecule has 2 aromatic carbocycles. The number of ether oxygens (including phenoxy) is 1. The summed E-state index contributed by atoms with van der Waals surface area (Å²) >= 11 is 6.02. The zero-order chi connectivity index (χ0) is 15.9. The highest BCUT2D eigenvalue weighted by Crippen LogP contribution is 2.19. The highest BCUT2D eigenvalue weighted by Gasteiger charge is 2.11. The second kappa shape index (κ2) is 7.82. The lowest BCUT2D eigenvalue weighted by Gasteiger charge is -2.13. The lowest BCUT2D eigenvalue weighted by Crippen LogP contribution is -2.29. The number of aliphatic hydroxyl groups excluding tert-OH is 1. The van der Waals surface area contributed by atoms with Gasteiger partial charge >= 0.3 is 0 Å². The van der Waals surface area contributed by atoms with Crippen molar-refractivity contribution in [1.29, 1.82) is 0 Å². The maximum Gasteiger partial charge on any atom is 0.224 e. The summed E-state index contributed by atoms with van der Waals surface area (Å²) < 4.78 is 5.11. The topological polar surface area (TPSA) is 58.6 Å². The maximum absolute atomic E-state index is 11.9. The van der Waals surface area contributed by atoms with Crippen LogP contribution in [0.25, 0.3) is 0 Å². The molecule has 116 valence electrons. The molecule has 0 bridgehead atoms. The van der Waals surface area contributed by atoms with E-state index in [0.29, 0.717) is 16.3 Å². The zero-order valence-electron chi connectivity index (χ0n) is 12.3. The first-order valence-electron chi connectivity index (χ1n) is 6.92. The summed E-state index contributed by atoms with van der Waals surface area (Å²) in [4.78, 5) is 11.9. The van der Waals surface area contributed by atoms with Crippen LogP contribution in [0.5, 0.6) is 5.75 Å². The van der Waals surface area contributed by atoms with Crippen molar-refractivity contribution in [2.45, 2.75) is 12.5 Å². The molecule has 0 radical (unpaired) electrons. The molecule has 0 spiro atoms. The van der Waals surface area contributed by atoms with E-state index in [0.717, 1.165) is 5.56 Å². The van der Waals surface area contributed by atoms with Crippen LogP contribution in [-0.2, 0) is 11.2 Å². The van der Waals surface area contributed by atoms with E-state index >= 15 is 0 Å². The summed E-state index contributed by atoms with van der Waals surface area (Å²) in [5.74, 6) is 0.481. The molecule has 4 nitrogen and oxygen atoms in total. The summed E-state index contributed by atoms with van der Waals surface area (Å²) in [5.41, 5.74) is 1.45. The fourth-order valence-electron chi connectivity index (χ4n) is 2.05. The number of methoxy groups -OCH3 is 1. The van der Waals surface area contributed by atoms with Crippen molar-refractivity contribution in [2.24, 2.45) is 0 Å². The molecule has 0 saturated carbocycles. The van der Waals surface area contributed by atoms with Crippen LogP contribution >= 0.6 is 11.6 Å².